The van der Waals surface area contributed by atoms with E-state index >= 15 is 0 Å². The number of benzene rings is 1. The van der Waals surface area contributed by atoms with E-state index in [1.807, 2.05) is 13.8 Å². The Labute approximate surface area is 172 Å². The molecule has 0 amide bonds. The highest BCUT2D eigenvalue weighted by atomic mass is 32.2. The fraction of sp³-hybridized carbons (Fsp3) is 0.636. The molecule has 5 nitrogen and oxygen atoms in total. The highest BCUT2D eigenvalue weighted by Crippen LogP contribution is 2.36. The molecule has 0 bridgehead atoms. The molecule has 156 valence electrons. The van der Waals surface area contributed by atoms with E-state index in [0.717, 1.165) is 6.42 Å². The van der Waals surface area contributed by atoms with Gasteiger partial charge in [0.15, 0.2) is 5.54 Å². The van der Waals surface area contributed by atoms with Crippen molar-refractivity contribution in [3.63, 3.8) is 0 Å². The molecular weight excluding hydrogens is 374 g/mol. The maximum atomic E-state index is 12.3. The number of carbonyl (C=O) groups excluding carboxylic acids is 1. The second-order valence-electron chi connectivity index (χ2n) is 7.73. The van der Waals surface area contributed by atoms with Crippen LogP contribution in [0.4, 0.5) is 0 Å². The van der Waals surface area contributed by atoms with Crippen molar-refractivity contribution < 1.29 is 19.4 Å². The fourth-order valence-electron chi connectivity index (χ4n) is 2.93. The Morgan fingerprint density at radius 2 is 1.96 bits per heavy atom. The van der Waals surface area contributed by atoms with Crippen LogP contribution in [0.5, 0.6) is 11.5 Å². The summed E-state index contributed by atoms with van der Waals surface area (Å²) in [6.07, 6.45) is 7.10. The summed E-state index contributed by atoms with van der Waals surface area (Å²) in [6, 6.07) is 5.19. The van der Waals surface area contributed by atoms with Crippen LogP contribution in [0.15, 0.2) is 23.2 Å². The van der Waals surface area contributed by atoms with E-state index in [9.17, 15) is 9.90 Å². The van der Waals surface area contributed by atoms with Gasteiger partial charge in [0.2, 0.25) is 0 Å². The number of thioether (sulfide) groups is 1. The monoisotopic (exact) mass is 407 g/mol. The van der Waals surface area contributed by atoms with Crippen molar-refractivity contribution in [1.82, 2.24) is 0 Å². The maximum Gasteiger partial charge on any atom is 0.334 e. The number of aliphatic imine (C=N–C) groups is 1. The zero-order valence-electron chi connectivity index (χ0n) is 17.5. The maximum absolute atomic E-state index is 12.3. The Morgan fingerprint density at radius 3 is 2.68 bits per heavy atom. The number of phenols is 1. The van der Waals surface area contributed by atoms with Gasteiger partial charge in [-0.15, -0.1) is 11.8 Å². The van der Waals surface area contributed by atoms with Crippen LogP contribution in [0, 0.1) is 0 Å². The van der Waals surface area contributed by atoms with Crippen molar-refractivity contribution in [1.29, 1.82) is 0 Å². The lowest BCUT2D eigenvalue weighted by Gasteiger charge is -2.19. The van der Waals surface area contributed by atoms with Crippen molar-refractivity contribution in [3.05, 3.63) is 23.8 Å². The molecule has 28 heavy (non-hydrogen) atoms. The van der Waals surface area contributed by atoms with Gasteiger partial charge in [-0.05, 0) is 45.4 Å². The van der Waals surface area contributed by atoms with Crippen molar-refractivity contribution in [2.45, 2.75) is 77.9 Å². The Hall–Kier alpha value is -1.69. The number of hydrogen-bond acceptors (Lipinski definition) is 6. The predicted octanol–water partition coefficient (Wildman–Crippen LogP) is 5.34. The molecule has 1 atom stereocenters. The Bertz CT molecular complexity index is 689. The summed E-state index contributed by atoms with van der Waals surface area (Å²) in [6.45, 7) is 8.30. The summed E-state index contributed by atoms with van der Waals surface area (Å²) in [5.41, 5.74) is -0.321. The zero-order valence-corrected chi connectivity index (χ0v) is 18.3. The Kier molecular flexibility index (Phi) is 8.67. The van der Waals surface area contributed by atoms with Gasteiger partial charge in [0.25, 0.3) is 0 Å². The molecule has 1 aliphatic rings. The third kappa shape index (κ3) is 6.43. The van der Waals surface area contributed by atoms with E-state index < -0.39 is 5.54 Å². The molecule has 1 N–H and O–H groups in total. The van der Waals surface area contributed by atoms with E-state index in [1.54, 1.807) is 25.1 Å². The molecule has 1 heterocycles. The van der Waals surface area contributed by atoms with Crippen LogP contribution in [0.3, 0.4) is 0 Å². The third-order valence-electron chi connectivity index (χ3n) is 4.59. The van der Waals surface area contributed by atoms with E-state index in [-0.39, 0.29) is 17.8 Å². The standard InChI is InChI=1S/C22H33NO4S/c1-5-6-7-8-9-10-13-26-17-11-12-19(24)18(14-17)20-23-22(4,15-28-20)21(25)27-16(2)3/h11-12,14,16,24H,5-10,13,15H2,1-4H3/t22-/m1/s1. The number of hydrogen-bond donors (Lipinski definition) is 1. The van der Waals surface area contributed by atoms with Gasteiger partial charge in [-0.25, -0.2) is 4.79 Å². The summed E-state index contributed by atoms with van der Waals surface area (Å²) in [7, 11) is 0. The molecular formula is C22H33NO4S. The lowest BCUT2D eigenvalue weighted by Crippen LogP contribution is -2.37. The lowest BCUT2D eigenvalue weighted by molar-refractivity contribution is -0.152. The van der Waals surface area contributed by atoms with Crippen LogP contribution < -0.4 is 4.74 Å². The SMILES string of the molecule is CCCCCCCCOc1ccc(O)c(C2=N[C@@](C)(C(=O)OC(C)C)CS2)c1. The minimum Gasteiger partial charge on any atom is -0.507 e. The Balaban J connectivity index is 1.97. The second-order valence-corrected chi connectivity index (χ2v) is 8.69. The van der Waals surface area contributed by atoms with Gasteiger partial charge < -0.3 is 14.6 Å². The van der Waals surface area contributed by atoms with Gasteiger partial charge in [-0.3, -0.25) is 4.99 Å². The van der Waals surface area contributed by atoms with Crippen LogP contribution in [-0.4, -0.2) is 40.1 Å². The van der Waals surface area contributed by atoms with E-state index in [4.69, 9.17) is 9.47 Å². The van der Waals surface area contributed by atoms with Crippen LogP contribution in [-0.2, 0) is 9.53 Å². The minimum atomic E-state index is -0.925. The lowest BCUT2D eigenvalue weighted by atomic mass is 10.1. The summed E-state index contributed by atoms with van der Waals surface area (Å²) in [4.78, 5) is 16.9. The topological polar surface area (TPSA) is 68.1 Å². The molecule has 1 aromatic rings. The summed E-state index contributed by atoms with van der Waals surface area (Å²) in [5.74, 6) is 1.01. The first-order chi connectivity index (χ1) is 13.4. The van der Waals surface area contributed by atoms with Gasteiger partial charge >= 0.3 is 5.97 Å². The molecule has 0 aliphatic carbocycles. The molecule has 0 saturated heterocycles. The van der Waals surface area contributed by atoms with Crippen LogP contribution >= 0.6 is 11.8 Å². The Morgan fingerprint density at radius 1 is 1.25 bits per heavy atom. The highest BCUT2D eigenvalue weighted by molar-refractivity contribution is 8.14. The molecule has 0 radical (unpaired) electrons. The zero-order chi connectivity index (χ0) is 20.6. The van der Waals surface area contributed by atoms with E-state index in [0.29, 0.717) is 28.7 Å². The fourth-order valence-corrected chi connectivity index (χ4v) is 4.11. The number of rotatable bonds is 11. The minimum absolute atomic E-state index is 0.139. The first-order valence-corrected chi connectivity index (χ1v) is 11.2. The third-order valence-corrected chi connectivity index (χ3v) is 5.88. The number of carbonyl (C=O) groups is 1. The van der Waals surface area contributed by atoms with Gasteiger partial charge in [-0.2, -0.15) is 0 Å². The molecule has 0 spiro atoms. The van der Waals surface area contributed by atoms with Gasteiger partial charge in [0, 0.05) is 5.75 Å². The summed E-state index contributed by atoms with van der Waals surface area (Å²) < 4.78 is 11.2. The van der Waals surface area contributed by atoms with Crippen molar-refractivity contribution in [3.8, 4) is 11.5 Å². The molecule has 0 unspecified atom stereocenters. The number of aromatic hydroxyl groups is 1. The quantitative estimate of drug-likeness (QED) is 0.396. The van der Waals surface area contributed by atoms with Gasteiger partial charge in [-0.1, -0.05) is 39.0 Å². The normalized spacial score (nSPS) is 19.0. The number of phenolic OH excluding ortho intramolecular Hbond substituents is 1. The molecule has 0 saturated carbocycles. The van der Waals surface area contributed by atoms with Crippen LogP contribution in [0.25, 0.3) is 0 Å². The summed E-state index contributed by atoms with van der Waals surface area (Å²) in [5, 5.41) is 10.9. The molecule has 6 heteroatoms. The van der Waals surface area contributed by atoms with Gasteiger partial charge in [0.05, 0.1) is 18.3 Å². The average Bonchev–Trinajstić information content (AvgIpc) is 3.05. The smallest absolute Gasteiger partial charge is 0.334 e. The van der Waals surface area contributed by atoms with Gasteiger partial charge in [0.1, 0.15) is 16.5 Å². The van der Waals surface area contributed by atoms with Crippen molar-refractivity contribution in [2.75, 3.05) is 12.4 Å². The van der Waals surface area contributed by atoms with Crippen molar-refractivity contribution >= 4 is 22.8 Å². The van der Waals surface area contributed by atoms with Crippen LogP contribution in [0.1, 0.15) is 71.8 Å². The highest BCUT2D eigenvalue weighted by Gasteiger charge is 2.40. The first kappa shape index (κ1) is 22.6. The number of esters is 1. The van der Waals surface area contributed by atoms with Crippen molar-refractivity contribution in [2.24, 2.45) is 4.99 Å². The first-order valence-electron chi connectivity index (χ1n) is 10.3. The molecule has 2 rings (SSSR count). The van der Waals surface area contributed by atoms with Crippen LogP contribution in [0.2, 0.25) is 0 Å². The van der Waals surface area contributed by atoms with E-state index in [2.05, 4.69) is 11.9 Å². The largest absolute Gasteiger partial charge is 0.507 e. The molecule has 0 aromatic heterocycles. The van der Waals surface area contributed by atoms with E-state index in [1.165, 1.54) is 43.9 Å². The second kappa shape index (κ2) is 10.7. The molecule has 0 fully saturated rings. The number of unbranched alkanes of at least 4 members (excludes halogenated alkanes) is 5. The molecule has 1 aliphatic heterocycles. The molecule has 1 aromatic carbocycles. The number of ether oxygens (including phenoxy) is 2. The average molecular weight is 408 g/mol. The predicted molar refractivity (Wildman–Crippen MR) is 116 cm³/mol. The summed E-state index contributed by atoms with van der Waals surface area (Å²) >= 11 is 1.45. The number of nitrogens with zero attached hydrogens (tertiary/aromatic N) is 1.